The van der Waals surface area contributed by atoms with E-state index in [1.807, 2.05) is 13.8 Å². The third-order valence-corrected chi connectivity index (χ3v) is 1.43. The third-order valence-electron chi connectivity index (χ3n) is 1.43. The molecule has 0 atom stereocenters. The number of nitrogens with two attached hydrogens (primary N) is 2. The van der Waals surface area contributed by atoms with Crippen molar-refractivity contribution in [3.05, 3.63) is 5.82 Å². The third kappa shape index (κ3) is 2.74. The molecule has 0 saturated carbocycles. The van der Waals surface area contributed by atoms with Crippen LogP contribution in [0.5, 0.6) is 0 Å². The predicted octanol–water partition coefficient (Wildman–Crippen LogP) is 0.721. The lowest BCUT2D eigenvalue weighted by molar-refractivity contribution is 1.05. The minimum atomic E-state index is 0.422. The number of hydrogen-bond acceptors (Lipinski definition) is 6. The van der Waals surface area contributed by atoms with Gasteiger partial charge in [-0.05, 0) is 6.92 Å². The number of rotatable bonds is 2. The molecule has 1 heterocycles. The van der Waals surface area contributed by atoms with Crippen molar-refractivity contribution in [1.29, 1.82) is 0 Å². The average Bonchev–Trinajstić information content (AvgIpc) is 2.23. The summed E-state index contributed by atoms with van der Waals surface area (Å²) < 4.78 is 0. The van der Waals surface area contributed by atoms with Gasteiger partial charge in [-0.15, -0.1) is 0 Å². The maximum absolute atomic E-state index is 5.64. The number of nitrogens with one attached hydrogen (secondary N) is 2. The lowest BCUT2D eigenvalue weighted by atomic mass is 10.4. The summed E-state index contributed by atoms with van der Waals surface area (Å²) in [5, 5.41) is 2.84. The van der Waals surface area contributed by atoms with Crippen LogP contribution in [-0.2, 0) is 0 Å². The Morgan fingerprint density at radius 1 is 1.14 bits per heavy atom. The monoisotopic (exact) mass is 198 g/mol. The smallest absolute Gasteiger partial charge is 0.169 e. The Labute approximate surface area is 84.1 Å². The maximum atomic E-state index is 5.64. The van der Waals surface area contributed by atoms with E-state index in [1.54, 1.807) is 14.0 Å². The van der Waals surface area contributed by atoms with E-state index in [2.05, 4.69) is 20.7 Å². The first-order valence-electron chi connectivity index (χ1n) is 4.47. The van der Waals surface area contributed by atoms with Gasteiger partial charge in [0.2, 0.25) is 0 Å². The van der Waals surface area contributed by atoms with Gasteiger partial charge in [-0.3, -0.25) is 0 Å². The molecule has 6 heteroatoms. The van der Waals surface area contributed by atoms with E-state index in [-0.39, 0.29) is 0 Å². The molecule has 0 aliphatic rings. The summed E-state index contributed by atoms with van der Waals surface area (Å²) in [7, 11) is 1.73. The number of aryl methyl sites for hydroxylation is 1. The van der Waals surface area contributed by atoms with Gasteiger partial charge in [0.1, 0.15) is 11.5 Å². The molecular weight excluding hydrogens is 180 g/mol. The van der Waals surface area contributed by atoms with Gasteiger partial charge in [-0.25, -0.2) is 15.8 Å². The van der Waals surface area contributed by atoms with Crippen molar-refractivity contribution in [2.75, 3.05) is 23.5 Å². The van der Waals surface area contributed by atoms with E-state index in [0.717, 1.165) is 0 Å². The number of hydrazine groups is 1. The Kier molecular flexibility index (Phi) is 5.31. The molecule has 1 rings (SSSR count). The van der Waals surface area contributed by atoms with Gasteiger partial charge >= 0.3 is 0 Å². The highest BCUT2D eigenvalue weighted by atomic mass is 15.3. The molecule has 6 N–H and O–H groups in total. The van der Waals surface area contributed by atoms with Crippen LogP contribution in [0.15, 0.2) is 0 Å². The largest absolute Gasteiger partial charge is 0.393 e. The Morgan fingerprint density at radius 2 is 1.64 bits per heavy atom. The van der Waals surface area contributed by atoms with Crippen molar-refractivity contribution in [1.82, 2.24) is 9.97 Å². The minimum absolute atomic E-state index is 0.422. The van der Waals surface area contributed by atoms with Crippen LogP contribution in [0.1, 0.15) is 19.7 Å². The molecule has 0 aliphatic heterocycles. The predicted molar refractivity (Wildman–Crippen MR) is 59.9 cm³/mol. The summed E-state index contributed by atoms with van der Waals surface area (Å²) in [5.41, 5.74) is 8.46. The van der Waals surface area contributed by atoms with Crippen LogP contribution in [0.3, 0.4) is 0 Å². The van der Waals surface area contributed by atoms with Gasteiger partial charge in [0, 0.05) is 7.05 Å². The van der Waals surface area contributed by atoms with E-state index >= 15 is 0 Å². The lowest BCUT2D eigenvalue weighted by Gasteiger charge is -2.08. The van der Waals surface area contributed by atoms with Crippen molar-refractivity contribution in [2.45, 2.75) is 20.8 Å². The summed E-state index contributed by atoms with van der Waals surface area (Å²) in [6, 6.07) is 0. The second-order valence-electron chi connectivity index (χ2n) is 2.28. The number of nitrogen functional groups attached to an aromatic ring is 2. The zero-order valence-electron chi connectivity index (χ0n) is 9.05. The molecular formula is C8H18N6. The number of nitrogens with zero attached hydrogens (tertiary/aromatic N) is 2. The number of hydrogen-bond donors (Lipinski definition) is 4. The first-order chi connectivity index (χ1) is 6.69. The molecule has 0 spiro atoms. The molecule has 0 aromatic carbocycles. The second-order valence-corrected chi connectivity index (χ2v) is 2.28. The Morgan fingerprint density at radius 3 is 2.07 bits per heavy atom. The first kappa shape index (κ1) is 12.4. The van der Waals surface area contributed by atoms with E-state index in [4.69, 9.17) is 11.6 Å². The zero-order valence-corrected chi connectivity index (χ0v) is 9.05. The summed E-state index contributed by atoms with van der Waals surface area (Å²) in [5.74, 6) is 6.82. The van der Waals surface area contributed by atoms with E-state index in [9.17, 15) is 0 Å². The van der Waals surface area contributed by atoms with Crippen LogP contribution >= 0.6 is 0 Å². The van der Waals surface area contributed by atoms with Gasteiger partial charge < -0.3 is 16.5 Å². The summed E-state index contributed by atoms with van der Waals surface area (Å²) in [6.07, 6.45) is 0. The number of aromatic nitrogens is 2. The molecule has 0 saturated heterocycles. The second kappa shape index (κ2) is 5.98. The molecule has 14 heavy (non-hydrogen) atoms. The van der Waals surface area contributed by atoms with Crippen LogP contribution in [0, 0.1) is 6.92 Å². The van der Waals surface area contributed by atoms with Gasteiger partial charge in [0.15, 0.2) is 11.6 Å². The van der Waals surface area contributed by atoms with Gasteiger partial charge in [-0.1, -0.05) is 13.8 Å². The highest BCUT2D eigenvalue weighted by molar-refractivity contribution is 5.73. The highest BCUT2D eigenvalue weighted by Crippen LogP contribution is 2.21. The first-order valence-corrected chi connectivity index (χ1v) is 4.47. The van der Waals surface area contributed by atoms with Gasteiger partial charge in [0.05, 0.1) is 0 Å². The summed E-state index contributed by atoms with van der Waals surface area (Å²) in [6.45, 7) is 5.76. The quantitative estimate of drug-likeness (QED) is 0.412. The SMILES string of the molecule is CC.CNc1nc(C)nc(NN)c1N. The molecule has 0 unspecified atom stereocenters. The molecule has 1 aromatic heterocycles. The molecule has 0 bridgehead atoms. The van der Waals surface area contributed by atoms with Crippen LogP contribution in [0.2, 0.25) is 0 Å². The van der Waals surface area contributed by atoms with Crippen molar-refractivity contribution in [3.63, 3.8) is 0 Å². The highest BCUT2D eigenvalue weighted by Gasteiger charge is 2.06. The fraction of sp³-hybridized carbons (Fsp3) is 0.500. The molecule has 80 valence electrons. The van der Waals surface area contributed by atoms with Crippen LogP contribution in [0.25, 0.3) is 0 Å². The normalized spacial score (nSPS) is 8.64. The Bertz CT molecular complexity index is 260. The molecule has 6 nitrogen and oxygen atoms in total. The van der Waals surface area contributed by atoms with E-state index in [1.165, 1.54) is 0 Å². The average molecular weight is 198 g/mol. The van der Waals surface area contributed by atoms with Gasteiger partial charge in [0.25, 0.3) is 0 Å². The standard InChI is InChI=1S/C6H12N6.C2H6/c1-3-10-5(9-2)4(7)6(11-3)12-8;1-2/h7-8H2,1-2H3,(H2,9,10,11,12);1-2H3. The number of anilines is 3. The molecule has 0 fully saturated rings. The fourth-order valence-electron chi connectivity index (χ4n) is 0.882. The van der Waals surface area contributed by atoms with Crippen molar-refractivity contribution in [3.8, 4) is 0 Å². The van der Waals surface area contributed by atoms with Crippen LogP contribution in [0.4, 0.5) is 17.3 Å². The molecule has 1 aromatic rings. The van der Waals surface area contributed by atoms with Crippen LogP contribution < -0.4 is 22.3 Å². The maximum Gasteiger partial charge on any atom is 0.169 e. The molecule has 0 aliphatic carbocycles. The van der Waals surface area contributed by atoms with Crippen LogP contribution in [-0.4, -0.2) is 17.0 Å². The molecule has 0 radical (unpaired) electrons. The van der Waals surface area contributed by atoms with Crippen molar-refractivity contribution in [2.24, 2.45) is 5.84 Å². The van der Waals surface area contributed by atoms with Gasteiger partial charge in [-0.2, -0.15) is 0 Å². The zero-order chi connectivity index (χ0) is 11.1. The Hall–Kier alpha value is -1.56. The summed E-state index contributed by atoms with van der Waals surface area (Å²) in [4.78, 5) is 8.04. The lowest BCUT2D eigenvalue weighted by Crippen LogP contribution is -2.14. The Balaban J connectivity index is 0.000000791. The van der Waals surface area contributed by atoms with E-state index < -0.39 is 0 Å². The topological polar surface area (TPSA) is 102 Å². The van der Waals surface area contributed by atoms with E-state index in [0.29, 0.717) is 23.1 Å². The van der Waals surface area contributed by atoms with Crippen molar-refractivity contribution < 1.29 is 0 Å². The van der Waals surface area contributed by atoms with Crippen molar-refractivity contribution >= 4 is 17.3 Å². The fourth-order valence-corrected chi connectivity index (χ4v) is 0.882. The summed E-state index contributed by atoms with van der Waals surface area (Å²) >= 11 is 0. The minimum Gasteiger partial charge on any atom is -0.393 e. The molecule has 0 amide bonds.